The maximum Gasteiger partial charge on any atom is 0.279 e. The minimum absolute atomic E-state index is 0.000978. The van der Waals surface area contributed by atoms with E-state index in [1.807, 2.05) is 0 Å². The summed E-state index contributed by atoms with van der Waals surface area (Å²) in [5.74, 6) is 0.602. The number of Topliss-reactive ketones (excluding diaryl/α,β-unsaturated/α-hetero) is 1. The predicted octanol–water partition coefficient (Wildman–Crippen LogP) is 0.960. The number of aromatic amines is 1. The molecule has 6 heteroatoms. The van der Waals surface area contributed by atoms with E-state index in [9.17, 15) is 9.59 Å². The molecule has 1 unspecified atom stereocenters. The number of H-pyrrole nitrogens is 1. The molecule has 5 nitrogen and oxygen atoms in total. The van der Waals surface area contributed by atoms with E-state index in [2.05, 4.69) is 9.97 Å². The van der Waals surface area contributed by atoms with Gasteiger partial charge in [-0.15, -0.1) is 0 Å². The highest BCUT2D eigenvalue weighted by atomic mass is 32.2. The maximum absolute atomic E-state index is 12.1. The van der Waals surface area contributed by atoms with E-state index < -0.39 is 0 Å². The molecule has 0 fully saturated rings. The van der Waals surface area contributed by atoms with Gasteiger partial charge < -0.3 is 4.98 Å². The molecular formula is C10H9N3O2S. The molecule has 0 saturated carbocycles. The molecule has 2 aromatic heterocycles. The number of rotatable bonds is 1. The Morgan fingerprint density at radius 3 is 3.25 bits per heavy atom. The lowest BCUT2D eigenvalue weighted by Gasteiger charge is -2.08. The Morgan fingerprint density at radius 1 is 1.69 bits per heavy atom. The molecule has 2 aromatic rings. The highest BCUT2D eigenvalue weighted by Gasteiger charge is 2.29. The van der Waals surface area contributed by atoms with Crippen molar-refractivity contribution in [1.82, 2.24) is 14.5 Å². The van der Waals surface area contributed by atoms with Gasteiger partial charge in [0.1, 0.15) is 11.6 Å². The lowest BCUT2D eigenvalue weighted by molar-refractivity contribution is -0.119. The first kappa shape index (κ1) is 9.65. The van der Waals surface area contributed by atoms with Gasteiger partial charge in [0.05, 0.1) is 5.52 Å². The molecule has 1 aliphatic rings. The largest absolute Gasteiger partial charge is 0.355 e. The van der Waals surface area contributed by atoms with Crippen LogP contribution in [-0.4, -0.2) is 26.1 Å². The van der Waals surface area contributed by atoms with E-state index in [0.717, 1.165) is 0 Å². The van der Waals surface area contributed by atoms with Crippen LogP contribution in [0, 0.1) is 0 Å². The number of ketones is 1. The highest BCUT2D eigenvalue weighted by molar-refractivity contribution is 7.99. The van der Waals surface area contributed by atoms with E-state index in [1.165, 1.54) is 23.3 Å². The summed E-state index contributed by atoms with van der Waals surface area (Å²) in [6, 6.07) is 1.40. The zero-order valence-corrected chi connectivity index (χ0v) is 9.37. The number of hydrogen-bond donors (Lipinski definition) is 1. The van der Waals surface area contributed by atoms with Gasteiger partial charge in [0.15, 0.2) is 10.9 Å². The Bertz CT molecular complexity index is 643. The SMILES string of the molecule is CC(=O)C1CSc2nc3cc[nH]c3c(=O)n21. The standard InChI is InChI=1S/C10H9N3O2S/c1-5(14)7-4-16-10-12-6-2-3-11-8(6)9(15)13(7)10/h2-3,7,11H,4H2,1H3. The van der Waals surface area contributed by atoms with Crippen molar-refractivity contribution in [2.24, 2.45) is 0 Å². The molecule has 0 saturated heterocycles. The molecular weight excluding hydrogens is 226 g/mol. The third-order valence-electron chi connectivity index (χ3n) is 2.73. The Hall–Kier alpha value is -1.56. The Labute approximate surface area is 94.9 Å². The monoisotopic (exact) mass is 235 g/mol. The molecule has 3 heterocycles. The molecule has 82 valence electrons. The summed E-state index contributed by atoms with van der Waals surface area (Å²) in [4.78, 5) is 30.8. The summed E-state index contributed by atoms with van der Waals surface area (Å²) in [5, 5.41) is 0.636. The summed E-state index contributed by atoms with van der Waals surface area (Å²) in [6.07, 6.45) is 1.68. The fourth-order valence-corrected chi connectivity index (χ4v) is 3.10. The second-order valence-corrected chi connectivity index (χ2v) is 4.73. The van der Waals surface area contributed by atoms with Crippen LogP contribution < -0.4 is 5.56 Å². The summed E-state index contributed by atoms with van der Waals surface area (Å²) in [6.45, 7) is 1.51. The molecule has 0 aromatic carbocycles. The quantitative estimate of drug-likeness (QED) is 0.747. The van der Waals surface area contributed by atoms with Gasteiger partial charge in [0.2, 0.25) is 0 Å². The minimum Gasteiger partial charge on any atom is -0.355 e. The number of hydrogen-bond acceptors (Lipinski definition) is 4. The Morgan fingerprint density at radius 2 is 2.50 bits per heavy atom. The fourth-order valence-electron chi connectivity index (χ4n) is 1.89. The van der Waals surface area contributed by atoms with Gasteiger partial charge in [0.25, 0.3) is 5.56 Å². The van der Waals surface area contributed by atoms with Crippen molar-refractivity contribution in [1.29, 1.82) is 0 Å². The van der Waals surface area contributed by atoms with Gasteiger partial charge in [-0.2, -0.15) is 0 Å². The van der Waals surface area contributed by atoms with Crippen LogP contribution in [0.5, 0.6) is 0 Å². The van der Waals surface area contributed by atoms with E-state index in [-0.39, 0.29) is 17.4 Å². The molecule has 3 rings (SSSR count). The van der Waals surface area contributed by atoms with Gasteiger partial charge in [-0.25, -0.2) is 4.98 Å². The number of carbonyl (C=O) groups excluding carboxylic acids is 1. The molecule has 1 N–H and O–H groups in total. The van der Waals surface area contributed by atoms with Crippen molar-refractivity contribution in [2.75, 3.05) is 5.75 Å². The van der Waals surface area contributed by atoms with Gasteiger partial charge in [0, 0.05) is 11.9 Å². The maximum atomic E-state index is 12.1. The summed E-state index contributed by atoms with van der Waals surface area (Å²) in [7, 11) is 0. The topological polar surface area (TPSA) is 67.8 Å². The average Bonchev–Trinajstić information content (AvgIpc) is 2.83. The lowest BCUT2D eigenvalue weighted by Crippen LogP contribution is -2.28. The van der Waals surface area contributed by atoms with Gasteiger partial charge in [-0.1, -0.05) is 11.8 Å². The number of nitrogens with zero attached hydrogens (tertiary/aromatic N) is 2. The van der Waals surface area contributed by atoms with E-state index in [0.29, 0.717) is 21.9 Å². The van der Waals surface area contributed by atoms with Crippen molar-refractivity contribution >= 4 is 28.6 Å². The number of carbonyl (C=O) groups is 1. The van der Waals surface area contributed by atoms with E-state index >= 15 is 0 Å². The van der Waals surface area contributed by atoms with Crippen LogP contribution in [0.2, 0.25) is 0 Å². The van der Waals surface area contributed by atoms with Crippen LogP contribution in [0.4, 0.5) is 0 Å². The van der Waals surface area contributed by atoms with Gasteiger partial charge >= 0.3 is 0 Å². The second kappa shape index (κ2) is 3.21. The first-order valence-electron chi connectivity index (χ1n) is 4.91. The molecule has 0 spiro atoms. The van der Waals surface area contributed by atoms with Crippen LogP contribution in [0.3, 0.4) is 0 Å². The lowest BCUT2D eigenvalue weighted by atomic mass is 10.2. The average molecular weight is 235 g/mol. The van der Waals surface area contributed by atoms with Gasteiger partial charge in [-0.05, 0) is 13.0 Å². The third kappa shape index (κ3) is 1.16. The number of fused-ring (bicyclic) bond motifs is 2. The molecule has 0 amide bonds. The molecule has 16 heavy (non-hydrogen) atoms. The zero-order chi connectivity index (χ0) is 11.3. The molecule has 0 bridgehead atoms. The predicted molar refractivity (Wildman–Crippen MR) is 60.8 cm³/mol. The fraction of sp³-hybridized carbons (Fsp3) is 0.300. The van der Waals surface area contributed by atoms with Crippen molar-refractivity contribution < 1.29 is 4.79 Å². The van der Waals surface area contributed by atoms with Crippen molar-refractivity contribution in [3.63, 3.8) is 0 Å². The van der Waals surface area contributed by atoms with E-state index in [4.69, 9.17) is 0 Å². The first-order valence-corrected chi connectivity index (χ1v) is 5.90. The van der Waals surface area contributed by atoms with Crippen LogP contribution >= 0.6 is 11.8 Å². The van der Waals surface area contributed by atoms with Gasteiger partial charge in [-0.3, -0.25) is 14.2 Å². The van der Waals surface area contributed by atoms with Crippen LogP contribution in [0.1, 0.15) is 13.0 Å². The number of aromatic nitrogens is 3. The molecule has 0 aliphatic carbocycles. The first-order chi connectivity index (χ1) is 7.68. The normalized spacial score (nSPS) is 18.9. The smallest absolute Gasteiger partial charge is 0.279 e. The Kier molecular flexibility index (Phi) is 1.94. The van der Waals surface area contributed by atoms with Crippen molar-refractivity contribution in [2.45, 2.75) is 18.1 Å². The Balaban J connectivity index is 2.36. The van der Waals surface area contributed by atoms with Crippen molar-refractivity contribution in [3.05, 3.63) is 22.6 Å². The number of nitrogens with one attached hydrogen (secondary N) is 1. The molecule has 1 aliphatic heterocycles. The summed E-state index contributed by atoms with van der Waals surface area (Å²) in [5.41, 5.74) is 0.973. The second-order valence-electron chi connectivity index (χ2n) is 3.74. The minimum atomic E-state index is -0.368. The zero-order valence-electron chi connectivity index (χ0n) is 8.56. The molecule has 1 atom stereocenters. The third-order valence-corrected chi connectivity index (χ3v) is 3.76. The van der Waals surface area contributed by atoms with Crippen LogP contribution in [-0.2, 0) is 4.79 Å². The van der Waals surface area contributed by atoms with E-state index in [1.54, 1.807) is 12.3 Å². The summed E-state index contributed by atoms with van der Waals surface area (Å²) < 4.78 is 1.49. The highest BCUT2D eigenvalue weighted by Crippen LogP contribution is 2.31. The van der Waals surface area contributed by atoms with Crippen LogP contribution in [0.25, 0.3) is 11.0 Å². The number of thioether (sulfide) groups is 1. The molecule has 0 radical (unpaired) electrons. The van der Waals surface area contributed by atoms with Crippen LogP contribution in [0.15, 0.2) is 22.2 Å². The summed E-state index contributed by atoms with van der Waals surface area (Å²) >= 11 is 1.45. The van der Waals surface area contributed by atoms with Crippen molar-refractivity contribution in [3.8, 4) is 0 Å².